The van der Waals surface area contributed by atoms with Crippen molar-refractivity contribution in [3.8, 4) is 0 Å². The number of carbonyl (C=O) groups is 1. The predicted octanol–water partition coefficient (Wildman–Crippen LogP) is 0.797. The van der Waals surface area contributed by atoms with Gasteiger partial charge in [-0.25, -0.2) is 9.78 Å². The minimum absolute atomic E-state index is 0.182. The minimum Gasteiger partial charge on any atom is -0.478 e. The molecular formula is C11H9N5O2. The number of nitrogens with two attached hydrogens (primary N) is 1. The Morgan fingerprint density at radius 2 is 2.06 bits per heavy atom. The molecule has 3 rings (SSSR count). The number of aromatic carboxylic acids is 1. The monoisotopic (exact) mass is 243 g/mol. The van der Waals surface area contributed by atoms with E-state index in [1.54, 1.807) is 13.1 Å². The number of hydrogen-bond acceptors (Lipinski definition) is 5. The largest absolute Gasteiger partial charge is 0.478 e. The molecule has 2 aromatic heterocycles. The summed E-state index contributed by atoms with van der Waals surface area (Å²) in [4.78, 5) is 16.5. The molecule has 7 nitrogen and oxygen atoms in total. The highest BCUT2D eigenvalue weighted by Gasteiger charge is 2.13. The fraction of sp³-hybridized carbons (Fsp3) is 0.0909. The molecule has 0 spiro atoms. The number of aryl methyl sites for hydroxylation is 1. The van der Waals surface area contributed by atoms with Crippen molar-refractivity contribution in [3.63, 3.8) is 0 Å². The smallest absolute Gasteiger partial charge is 0.335 e. The lowest BCUT2D eigenvalue weighted by Crippen LogP contribution is -1.98. The average Bonchev–Trinajstić information content (AvgIpc) is 2.71. The summed E-state index contributed by atoms with van der Waals surface area (Å²) in [6.45, 7) is 0. The molecular weight excluding hydrogens is 234 g/mol. The van der Waals surface area contributed by atoms with Crippen LogP contribution in [0.15, 0.2) is 18.2 Å². The summed E-state index contributed by atoms with van der Waals surface area (Å²) in [5.41, 5.74) is 7.61. The molecule has 0 bridgehead atoms. The van der Waals surface area contributed by atoms with Crippen LogP contribution in [0.3, 0.4) is 0 Å². The number of rotatable bonds is 1. The molecule has 3 N–H and O–H groups in total. The Balaban J connectivity index is 2.49. The molecule has 2 heterocycles. The summed E-state index contributed by atoms with van der Waals surface area (Å²) in [5, 5.41) is 17.9. The van der Waals surface area contributed by atoms with Crippen molar-refractivity contribution in [2.24, 2.45) is 7.05 Å². The van der Waals surface area contributed by atoms with Gasteiger partial charge in [-0.15, -0.1) is 5.10 Å². The highest BCUT2D eigenvalue weighted by atomic mass is 16.4. The first-order valence-electron chi connectivity index (χ1n) is 5.20. The number of hydrogen-bond donors (Lipinski definition) is 2. The van der Waals surface area contributed by atoms with E-state index in [9.17, 15) is 4.79 Å². The second kappa shape index (κ2) is 3.39. The van der Waals surface area contributed by atoms with E-state index in [1.165, 1.54) is 16.9 Å². The lowest BCUT2D eigenvalue weighted by molar-refractivity contribution is 0.0697. The summed E-state index contributed by atoms with van der Waals surface area (Å²) < 4.78 is 0. The quantitative estimate of drug-likeness (QED) is 0.654. The van der Waals surface area contributed by atoms with Crippen LogP contribution in [-0.4, -0.2) is 31.1 Å². The van der Waals surface area contributed by atoms with Crippen molar-refractivity contribution in [2.75, 3.05) is 5.73 Å². The number of nitrogens with zero attached hydrogens (tertiary/aromatic N) is 4. The first kappa shape index (κ1) is 10.5. The van der Waals surface area contributed by atoms with Crippen LogP contribution in [0.4, 0.5) is 5.82 Å². The van der Waals surface area contributed by atoms with Gasteiger partial charge in [-0.2, -0.15) is 9.90 Å². The summed E-state index contributed by atoms with van der Waals surface area (Å²) in [6, 6.07) is 4.63. The maximum Gasteiger partial charge on any atom is 0.335 e. The van der Waals surface area contributed by atoms with Crippen molar-refractivity contribution in [3.05, 3.63) is 23.8 Å². The zero-order valence-electron chi connectivity index (χ0n) is 9.45. The van der Waals surface area contributed by atoms with E-state index in [2.05, 4.69) is 15.2 Å². The van der Waals surface area contributed by atoms with Gasteiger partial charge in [0, 0.05) is 12.4 Å². The molecule has 0 amide bonds. The second-order valence-corrected chi connectivity index (χ2v) is 3.92. The van der Waals surface area contributed by atoms with E-state index in [0.29, 0.717) is 21.9 Å². The molecule has 0 atom stereocenters. The Morgan fingerprint density at radius 3 is 2.78 bits per heavy atom. The van der Waals surface area contributed by atoms with Gasteiger partial charge in [-0.05, 0) is 18.2 Å². The van der Waals surface area contributed by atoms with Gasteiger partial charge in [-0.1, -0.05) is 0 Å². The topological polar surface area (TPSA) is 107 Å². The zero-order valence-corrected chi connectivity index (χ0v) is 9.45. The number of nitrogen functional groups attached to an aromatic ring is 1. The number of anilines is 1. The highest BCUT2D eigenvalue weighted by molar-refractivity contribution is 6.07. The van der Waals surface area contributed by atoms with Crippen LogP contribution in [0.2, 0.25) is 0 Å². The summed E-state index contributed by atoms with van der Waals surface area (Å²) >= 11 is 0. The van der Waals surface area contributed by atoms with Gasteiger partial charge in [0.25, 0.3) is 0 Å². The SMILES string of the molecule is Cn1nc2c(N)nc3ccc(C(=O)O)cc3c2n1. The predicted molar refractivity (Wildman–Crippen MR) is 65.2 cm³/mol. The van der Waals surface area contributed by atoms with Crippen molar-refractivity contribution in [2.45, 2.75) is 0 Å². The summed E-state index contributed by atoms with van der Waals surface area (Å²) in [5.74, 6) is -0.709. The molecule has 0 radical (unpaired) electrons. The molecule has 0 aliphatic rings. The Labute approximate surface area is 101 Å². The van der Waals surface area contributed by atoms with E-state index in [-0.39, 0.29) is 11.4 Å². The van der Waals surface area contributed by atoms with Crippen LogP contribution in [0.1, 0.15) is 10.4 Å². The second-order valence-electron chi connectivity index (χ2n) is 3.92. The van der Waals surface area contributed by atoms with Gasteiger partial charge in [0.15, 0.2) is 11.3 Å². The highest BCUT2D eigenvalue weighted by Crippen LogP contribution is 2.25. The number of benzene rings is 1. The van der Waals surface area contributed by atoms with Crippen LogP contribution in [0, 0.1) is 0 Å². The molecule has 90 valence electrons. The maximum absolute atomic E-state index is 11.0. The molecule has 3 aromatic rings. The van der Waals surface area contributed by atoms with Crippen LogP contribution in [0.5, 0.6) is 0 Å². The van der Waals surface area contributed by atoms with Gasteiger partial charge in [0.05, 0.1) is 11.1 Å². The molecule has 0 fully saturated rings. The van der Waals surface area contributed by atoms with Crippen LogP contribution >= 0.6 is 0 Å². The molecule has 0 unspecified atom stereocenters. The van der Waals surface area contributed by atoms with Gasteiger partial charge in [0.1, 0.15) is 5.52 Å². The lowest BCUT2D eigenvalue weighted by Gasteiger charge is -2.01. The van der Waals surface area contributed by atoms with E-state index in [4.69, 9.17) is 10.8 Å². The van der Waals surface area contributed by atoms with Gasteiger partial charge in [0.2, 0.25) is 0 Å². The van der Waals surface area contributed by atoms with Gasteiger partial charge >= 0.3 is 5.97 Å². The third-order valence-corrected chi connectivity index (χ3v) is 2.70. The number of carboxylic acids is 1. The Kier molecular flexibility index (Phi) is 1.97. The van der Waals surface area contributed by atoms with Crippen molar-refractivity contribution >= 4 is 33.7 Å². The van der Waals surface area contributed by atoms with Crippen molar-refractivity contribution in [1.82, 2.24) is 20.0 Å². The van der Waals surface area contributed by atoms with E-state index >= 15 is 0 Å². The van der Waals surface area contributed by atoms with E-state index < -0.39 is 5.97 Å². The Morgan fingerprint density at radius 1 is 1.33 bits per heavy atom. The standard InChI is InChI=1S/C11H9N5O2/c1-16-14-8-6-4-5(11(17)18)2-3-7(6)13-10(12)9(8)15-16/h2-4H,1H3,(H2,12,13)(H,17,18). The fourth-order valence-electron chi connectivity index (χ4n) is 1.90. The summed E-state index contributed by atoms with van der Waals surface area (Å²) in [6.07, 6.45) is 0. The average molecular weight is 243 g/mol. The summed E-state index contributed by atoms with van der Waals surface area (Å²) in [7, 11) is 1.67. The molecule has 0 aliphatic carbocycles. The molecule has 0 saturated carbocycles. The third kappa shape index (κ3) is 1.37. The van der Waals surface area contributed by atoms with Crippen LogP contribution < -0.4 is 5.73 Å². The first-order chi connectivity index (χ1) is 8.56. The number of pyridine rings is 1. The number of carboxylic acid groups (broad SMARTS) is 1. The van der Waals surface area contributed by atoms with Crippen molar-refractivity contribution in [1.29, 1.82) is 0 Å². The Bertz CT molecular complexity index is 793. The zero-order chi connectivity index (χ0) is 12.9. The lowest BCUT2D eigenvalue weighted by atomic mass is 10.1. The van der Waals surface area contributed by atoms with Crippen molar-refractivity contribution < 1.29 is 9.90 Å². The first-order valence-corrected chi connectivity index (χ1v) is 5.20. The van der Waals surface area contributed by atoms with E-state index in [0.717, 1.165) is 0 Å². The molecule has 18 heavy (non-hydrogen) atoms. The molecule has 1 aromatic carbocycles. The minimum atomic E-state index is -0.995. The molecule has 0 saturated heterocycles. The van der Waals surface area contributed by atoms with Crippen LogP contribution in [0.25, 0.3) is 21.9 Å². The third-order valence-electron chi connectivity index (χ3n) is 2.70. The fourth-order valence-corrected chi connectivity index (χ4v) is 1.90. The molecule has 0 aliphatic heterocycles. The molecule has 7 heteroatoms. The maximum atomic E-state index is 11.0. The van der Waals surface area contributed by atoms with Gasteiger partial charge < -0.3 is 10.8 Å². The number of aromatic nitrogens is 4. The number of fused-ring (bicyclic) bond motifs is 3. The van der Waals surface area contributed by atoms with Crippen LogP contribution in [-0.2, 0) is 7.05 Å². The van der Waals surface area contributed by atoms with Gasteiger partial charge in [-0.3, -0.25) is 0 Å². The normalized spacial score (nSPS) is 11.2. The Hall–Kier alpha value is -2.70. The van der Waals surface area contributed by atoms with E-state index in [1.807, 2.05) is 0 Å².